The van der Waals surface area contributed by atoms with Crippen molar-refractivity contribution in [2.45, 2.75) is 0 Å². The fourth-order valence-corrected chi connectivity index (χ4v) is 3.15. The highest BCUT2D eigenvalue weighted by molar-refractivity contribution is 14.1. The van der Waals surface area contributed by atoms with Gasteiger partial charge in [-0.25, -0.2) is 5.43 Å². The lowest BCUT2D eigenvalue weighted by Crippen LogP contribution is -2.17. The number of nitro benzene ring substituents is 1. The van der Waals surface area contributed by atoms with Gasteiger partial charge in [-0.2, -0.15) is 5.10 Å². The molecule has 0 unspecified atom stereocenters. The van der Waals surface area contributed by atoms with Gasteiger partial charge in [-0.3, -0.25) is 14.9 Å². The van der Waals surface area contributed by atoms with Crippen molar-refractivity contribution in [1.82, 2.24) is 5.43 Å². The van der Waals surface area contributed by atoms with Crippen molar-refractivity contribution in [3.8, 4) is 17.1 Å². The molecule has 10 heteroatoms. The molecule has 0 fully saturated rings. The Morgan fingerprint density at radius 2 is 2.07 bits per heavy atom. The Bertz CT molecular complexity index is 1110. The second-order valence-corrected chi connectivity index (χ2v) is 7.24. The quantitative estimate of drug-likeness (QED) is 0.214. The third kappa shape index (κ3) is 4.93. The monoisotopic (exact) mass is 525 g/mol. The zero-order chi connectivity index (χ0) is 21.0. The van der Waals surface area contributed by atoms with E-state index in [0.29, 0.717) is 28.4 Å². The van der Waals surface area contributed by atoms with Gasteiger partial charge in [-0.1, -0.05) is 11.6 Å². The highest BCUT2D eigenvalue weighted by Crippen LogP contribution is 2.31. The van der Waals surface area contributed by atoms with Crippen molar-refractivity contribution in [2.75, 3.05) is 7.11 Å². The molecule has 3 aromatic rings. The first-order chi connectivity index (χ1) is 13.9. The van der Waals surface area contributed by atoms with Crippen LogP contribution in [0.2, 0.25) is 5.02 Å². The number of carbonyl (C=O) groups excluding carboxylic acids is 1. The molecule has 8 nitrogen and oxygen atoms in total. The zero-order valence-corrected chi connectivity index (χ0v) is 17.8. The van der Waals surface area contributed by atoms with E-state index in [2.05, 4.69) is 33.1 Å². The van der Waals surface area contributed by atoms with E-state index < -0.39 is 10.8 Å². The summed E-state index contributed by atoms with van der Waals surface area (Å²) in [4.78, 5) is 22.6. The Morgan fingerprint density at radius 1 is 1.28 bits per heavy atom. The van der Waals surface area contributed by atoms with Crippen LogP contribution in [0.1, 0.15) is 16.1 Å². The first kappa shape index (κ1) is 20.8. The van der Waals surface area contributed by atoms with Crippen LogP contribution in [-0.2, 0) is 0 Å². The number of nitro groups is 1. The lowest BCUT2D eigenvalue weighted by Gasteiger charge is -2.05. The normalized spacial score (nSPS) is 10.9. The molecule has 0 radical (unpaired) electrons. The molecular formula is C19H13ClIN3O5. The Balaban J connectivity index is 1.70. The Kier molecular flexibility index (Phi) is 6.49. The maximum Gasteiger partial charge on any atom is 0.288 e. The zero-order valence-electron chi connectivity index (χ0n) is 14.9. The van der Waals surface area contributed by atoms with E-state index in [1.54, 1.807) is 36.4 Å². The van der Waals surface area contributed by atoms with Crippen molar-refractivity contribution in [1.29, 1.82) is 0 Å². The van der Waals surface area contributed by atoms with Gasteiger partial charge in [0, 0.05) is 17.2 Å². The molecule has 1 heterocycles. The first-order valence-electron chi connectivity index (χ1n) is 8.10. The molecule has 0 saturated heterocycles. The molecule has 0 aliphatic heterocycles. The minimum Gasteiger partial charge on any atom is -0.496 e. The number of carbonyl (C=O) groups is 1. The predicted octanol–water partition coefficient (Wildman–Crippen LogP) is 4.89. The highest BCUT2D eigenvalue weighted by Gasteiger charge is 2.15. The van der Waals surface area contributed by atoms with Gasteiger partial charge >= 0.3 is 0 Å². The van der Waals surface area contributed by atoms with Crippen LogP contribution in [0.25, 0.3) is 11.3 Å². The molecule has 148 valence electrons. The topological polar surface area (TPSA) is 107 Å². The van der Waals surface area contributed by atoms with Crippen molar-refractivity contribution in [2.24, 2.45) is 5.10 Å². The molecule has 0 aliphatic rings. The average molecular weight is 526 g/mol. The molecule has 0 spiro atoms. The van der Waals surface area contributed by atoms with E-state index in [0.717, 1.165) is 3.57 Å². The van der Waals surface area contributed by atoms with E-state index in [-0.39, 0.29) is 10.7 Å². The number of halogens is 2. The molecule has 1 amide bonds. The maximum absolute atomic E-state index is 12.2. The minimum absolute atomic E-state index is 0.0436. The molecule has 1 N–H and O–H groups in total. The second-order valence-electron chi connectivity index (χ2n) is 5.67. The summed E-state index contributed by atoms with van der Waals surface area (Å²) in [5.41, 5.74) is 3.08. The maximum atomic E-state index is 12.2. The number of hydrogen-bond acceptors (Lipinski definition) is 6. The SMILES string of the molecule is COc1cc(C(=O)N/N=C/c2ccc(-c3ccc(Cl)c([N+](=O)[O-])c3)o2)ccc1I. The number of nitrogens with zero attached hydrogens (tertiary/aromatic N) is 2. The number of benzene rings is 2. The Hall–Kier alpha value is -2.92. The van der Waals surface area contributed by atoms with Crippen LogP contribution < -0.4 is 10.2 Å². The highest BCUT2D eigenvalue weighted by atomic mass is 127. The fourth-order valence-electron chi connectivity index (χ4n) is 2.40. The molecule has 0 atom stereocenters. The molecule has 3 rings (SSSR count). The Labute approximate surface area is 183 Å². The van der Waals surface area contributed by atoms with Gasteiger partial charge in [-0.15, -0.1) is 0 Å². The van der Waals surface area contributed by atoms with Gasteiger partial charge < -0.3 is 9.15 Å². The molecule has 0 saturated carbocycles. The summed E-state index contributed by atoms with van der Waals surface area (Å²) in [5, 5.41) is 14.9. The summed E-state index contributed by atoms with van der Waals surface area (Å²) >= 11 is 7.93. The van der Waals surface area contributed by atoms with Crippen LogP contribution >= 0.6 is 34.2 Å². The summed E-state index contributed by atoms with van der Waals surface area (Å²) in [5.74, 6) is 0.948. The van der Waals surface area contributed by atoms with Crippen LogP contribution in [0.15, 0.2) is 58.0 Å². The Morgan fingerprint density at radius 3 is 2.79 bits per heavy atom. The van der Waals surface area contributed by atoms with Gasteiger partial charge in [0.15, 0.2) is 0 Å². The van der Waals surface area contributed by atoms with E-state index in [4.69, 9.17) is 20.8 Å². The average Bonchev–Trinajstić information content (AvgIpc) is 3.17. The molecule has 1 aromatic heterocycles. The van der Waals surface area contributed by atoms with Crippen LogP contribution in [0.4, 0.5) is 5.69 Å². The van der Waals surface area contributed by atoms with Crippen molar-refractivity contribution >= 4 is 52.0 Å². The third-order valence-corrected chi connectivity index (χ3v) is 5.04. The minimum atomic E-state index is -0.563. The molecule has 0 aliphatic carbocycles. The number of amides is 1. The largest absolute Gasteiger partial charge is 0.496 e. The number of furan rings is 1. The van der Waals surface area contributed by atoms with Gasteiger partial charge in [-0.05, 0) is 65.1 Å². The summed E-state index contributed by atoms with van der Waals surface area (Å²) in [7, 11) is 1.53. The van der Waals surface area contributed by atoms with E-state index in [1.807, 2.05) is 0 Å². The molecule has 0 bridgehead atoms. The van der Waals surface area contributed by atoms with Crippen LogP contribution in [0.3, 0.4) is 0 Å². The van der Waals surface area contributed by atoms with Crippen LogP contribution in [0.5, 0.6) is 5.75 Å². The second kappa shape index (κ2) is 9.05. The van der Waals surface area contributed by atoms with Crippen LogP contribution in [-0.4, -0.2) is 24.2 Å². The lowest BCUT2D eigenvalue weighted by atomic mass is 10.1. The van der Waals surface area contributed by atoms with Gasteiger partial charge in [0.2, 0.25) is 0 Å². The lowest BCUT2D eigenvalue weighted by molar-refractivity contribution is -0.384. The number of ether oxygens (including phenoxy) is 1. The fraction of sp³-hybridized carbons (Fsp3) is 0.0526. The smallest absolute Gasteiger partial charge is 0.288 e. The number of nitrogens with one attached hydrogen (secondary N) is 1. The molecular weight excluding hydrogens is 513 g/mol. The first-order valence-corrected chi connectivity index (χ1v) is 9.56. The summed E-state index contributed by atoms with van der Waals surface area (Å²) in [6, 6.07) is 12.7. The number of hydrazone groups is 1. The summed E-state index contributed by atoms with van der Waals surface area (Å²) < 4.78 is 11.7. The van der Waals surface area contributed by atoms with Gasteiger partial charge in [0.1, 0.15) is 22.3 Å². The van der Waals surface area contributed by atoms with Crippen LogP contribution in [0, 0.1) is 13.7 Å². The number of rotatable bonds is 6. The van der Waals surface area contributed by atoms with Crippen molar-refractivity contribution in [3.05, 3.63) is 78.6 Å². The molecule has 2 aromatic carbocycles. The van der Waals surface area contributed by atoms with Gasteiger partial charge in [0.25, 0.3) is 11.6 Å². The summed E-state index contributed by atoms with van der Waals surface area (Å²) in [6.45, 7) is 0. The standard InChI is InChI=1S/C19H13ClIN3O5/c1-28-18-9-12(3-6-15(18)21)19(25)23-22-10-13-4-7-17(29-13)11-2-5-14(20)16(8-11)24(26)27/h2-10H,1H3,(H,23,25)/b22-10+. The third-order valence-electron chi connectivity index (χ3n) is 3.83. The number of hydrogen-bond donors (Lipinski definition) is 1. The van der Waals surface area contributed by atoms with Crippen molar-refractivity contribution in [3.63, 3.8) is 0 Å². The number of methoxy groups -OCH3 is 1. The predicted molar refractivity (Wildman–Crippen MR) is 117 cm³/mol. The van der Waals surface area contributed by atoms with Gasteiger partial charge in [0.05, 0.1) is 21.8 Å². The van der Waals surface area contributed by atoms with E-state index >= 15 is 0 Å². The van der Waals surface area contributed by atoms with E-state index in [9.17, 15) is 14.9 Å². The molecule has 29 heavy (non-hydrogen) atoms. The summed E-state index contributed by atoms with van der Waals surface area (Å²) in [6.07, 6.45) is 1.33. The van der Waals surface area contributed by atoms with Crippen molar-refractivity contribution < 1.29 is 18.9 Å². The van der Waals surface area contributed by atoms with E-state index in [1.165, 1.54) is 25.5 Å².